The fourth-order valence-electron chi connectivity index (χ4n) is 9.02. The van der Waals surface area contributed by atoms with E-state index in [0.717, 1.165) is 70.4 Å². The van der Waals surface area contributed by atoms with Crippen molar-refractivity contribution in [1.82, 2.24) is 14.1 Å². The van der Waals surface area contributed by atoms with Crippen molar-refractivity contribution in [2.75, 3.05) is 18.0 Å². The van der Waals surface area contributed by atoms with E-state index in [1.54, 1.807) is 33.4 Å². The van der Waals surface area contributed by atoms with Gasteiger partial charge in [0, 0.05) is 69.1 Å². The second kappa shape index (κ2) is 17.8. The predicted molar refractivity (Wildman–Crippen MR) is 262 cm³/mol. The fraction of sp³-hybridized carbons (Fsp3) is 0.0847. The van der Waals surface area contributed by atoms with E-state index in [-0.39, 0.29) is 49.0 Å². The van der Waals surface area contributed by atoms with Crippen LogP contribution in [0.2, 0.25) is 0 Å². The maximum absolute atomic E-state index is 9.04. The molecule has 0 saturated carbocycles. The van der Waals surface area contributed by atoms with Gasteiger partial charge in [-0.15, -0.1) is 29.7 Å². The molecule has 0 aliphatic carbocycles. The van der Waals surface area contributed by atoms with E-state index in [1.165, 1.54) is 6.42 Å². The van der Waals surface area contributed by atoms with Crippen molar-refractivity contribution in [2.24, 2.45) is 0 Å². The number of ether oxygens (including phenoxy) is 1. The van der Waals surface area contributed by atoms with Crippen LogP contribution in [-0.2, 0) is 21.1 Å². The van der Waals surface area contributed by atoms with Gasteiger partial charge in [0.05, 0.1) is 30.4 Å². The average Bonchev–Trinajstić information content (AvgIpc) is 4.04. The summed E-state index contributed by atoms with van der Waals surface area (Å²) in [5.74, 6) is 1.56. The standard InChI is InChI=1S/C59H43N5O.Pt/c1-5-17-42(18-6-1)45-29-32-54-53(37-45)52-31-30-49(40-57(52)64(54)58-39-46(33-34-60-58)61-35-13-4-14-36-61)65-48-24-15-23-47(38-48)62-41-63(56-28-12-11-27-55(56)62)59-50(43-19-7-2-8-20-43)25-16-26-51(59)44-21-9-3-10-22-44;/h1-3,5-12,15-34,37,39H,4,13-14,35-36H2;/q-2;/i2D,3D,7D,8D,9D,10D,19D,20D,21D,22D;. The first-order chi connectivity index (χ1) is 36.4. The van der Waals surface area contributed by atoms with E-state index in [0.29, 0.717) is 28.2 Å². The fourth-order valence-corrected chi connectivity index (χ4v) is 9.02. The molecule has 0 atom stereocenters. The summed E-state index contributed by atoms with van der Waals surface area (Å²) < 4.78 is 99.4. The average molecular weight is 1040 g/mol. The normalized spacial score (nSPS) is 14.8. The van der Waals surface area contributed by atoms with Crippen molar-refractivity contribution in [3.05, 3.63) is 219 Å². The Morgan fingerprint density at radius 2 is 1.29 bits per heavy atom. The zero-order valence-electron chi connectivity index (χ0n) is 45.3. The minimum atomic E-state index is -0.571. The molecular weight excluding hydrogens is 990 g/mol. The number of fused-ring (bicyclic) bond motifs is 4. The Balaban J connectivity index is 0.00000616. The second-order valence-electron chi connectivity index (χ2n) is 15.9. The number of hydrogen-bond acceptors (Lipinski definition) is 3. The van der Waals surface area contributed by atoms with Crippen LogP contribution >= 0.6 is 0 Å². The molecule has 1 fully saturated rings. The van der Waals surface area contributed by atoms with E-state index in [9.17, 15) is 0 Å². The molecule has 0 radical (unpaired) electrons. The molecule has 0 bridgehead atoms. The van der Waals surface area contributed by atoms with Gasteiger partial charge in [-0.1, -0.05) is 151 Å². The third-order valence-corrected chi connectivity index (χ3v) is 12.0. The minimum Gasteiger partial charge on any atom is -0.510 e. The third-order valence-electron chi connectivity index (χ3n) is 12.0. The number of rotatable bonds is 9. The Labute approximate surface area is 412 Å². The molecule has 0 N–H and O–H groups in total. The van der Waals surface area contributed by atoms with Crippen LogP contribution in [-0.4, -0.2) is 27.2 Å². The first kappa shape index (κ1) is 31.4. The van der Waals surface area contributed by atoms with Crippen LogP contribution in [0, 0.1) is 18.5 Å². The molecule has 1 aliphatic heterocycles. The van der Waals surface area contributed by atoms with Gasteiger partial charge in [0.1, 0.15) is 5.82 Å². The van der Waals surface area contributed by atoms with Crippen LogP contribution in [0.25, 0.3) is 83.4 Å². The summed E-state index contributed by atoms with van der Waals surface area (Å²) in [6.07, 6.45) is 8.80. The number of piperidine rings is 1. The number of hydrogen-bond donors (Lipinski definition) is 0. The molecule has 0 spiro atoms. The smallest absolute Gasteiger partial charge is 0.268 e. The van der Waals surface area contributed by atoms with Gasteiger partial charge in [0.2, 0.25) is 0 Å². The Morgan fingerprint density at radius 3 is 2.06 bits per heavy atom. The van der Waals surface area contributed by atoms with Crippen LogP contribution in [0.3, 0.4) is 0 Å². The van der Waals surface area contributed by atoms with E-state index in [1.807, 2.05) is 72.9 Å². The number of benzene rings is 8. The largest absolute Gasteiger partial charge is 0.510 e. The molecule has 1 saturated heterocycles. The van der Waals surface area contributed by atoms with Crippen LogP contribution < -0.4 is 14.2 Å². The van der Waals surface area contributed by atoms with Gasteiger partial charge < -0.3 is 18.8 Å². The topological polar surface area (TPSA) is 39.1 Å². The van der Waals surface area contributed by atoms with Gasteiger partial charge in [-0.2, -0.15) is 18.2 Å². The molecular formula is C59H43N5OPt-2. The van der Waals surface area contributed by atoms with Crippen molar-refractivity contribution < 1.29 is 44.1 Å². The predicted octanol–water partition coefficient (Wildman–Crippen LogP) is 13.6. The summed E-state index contributed by atoms with van der Waals surface area (Å²) in [6, 6.07) is 44.2. The molecule has 322 valence electrons. The van der Waals surface area contributed by atoms with Gasteiger partial charge in [-0.3, -0.25) is 4.57 Å². The molecule has 6 nitrogen and oxygen atoms in total. The quantitative estimate of drug-likeness (QED) is 0.107. The molecule has 7 heteroatoms. The van der Waals surface area contributed by atoms with E-state index in [4.69, 9.17) is 23.4 Å². The summed E-state index contributed by atoms with van der Waals surface area (Å²) in [5, 5.41) is 2.02. The van der Waals surface area contributed by atoms with Crippen molar-refractivity contribution >= 4 is 38.5 Å². The summed E-state index contributed by atoms with van der Waals surface area (Å²) in [7, 11) is 0. The monoisotopic (exact) mass is 1040 g/mol. The SMILES string of the molecule is [2H]c1c([2H])c([2H])c(-c2cccc(-c3c([2H])c([2H])c([2H])c([2H])c3[2H])c2-[n+]2[c-]n(-c3[c-]c(Oc4[c-]c5c(cc4)c4cc(-c6ccccc6)ccc4n5-c4cc(N5CCCCC5)ccn4)ccc3)c3ccccc32)c([2H])c1[2H].[Pt]. The Morgan fingerprint density at radius 1 is 0.576 bits per heavy atom. The first-order valence-corrected chi connectivity index (χ1v) is 21.6. The second-order valence-corrected chi connectivity index (χ2v) is 15.9. The summed E-state index contributed by atoms with van der Waals surface area (Å²) in [6.45, 7) is 1.98. The van der Waals surface area contributed by atoms with Crippen LogP contribution in [0.4, 0.5) is 5.69 Å². The summed E-state index contributed by atoms with van der Waals surface area (Å²) in [5.41, 5.74) is 6.89. The van der Waals surface area contributed by atoms with E-state index < -0.39 is 60.4 Å². The molecule has 12 rings (SSSR count). The molecule has 0 unspecified atom stereocenters. The number of aromatic nitrogens is 4. The van der Waals surface area contributed by atoms with Crippen molar-refractivity contribution in [1.29, 1.82) is 0 Å². The number of para-hydroxylation sites is 3. The maximum Gasteiger partial charge on any atom is 0.268 e. The third kappa shape index (κ3) is 7.57. The molecule has 3 aromatic heterocycles. The van der Waals surface area contributed by atoms with Crippen molar-refractivity contribution in [3.8, 4) is 62.1 Å². The maximum atomic E-state index is 9.04. The Kier molecular flexibility index (Phi) is 8.46. The van der Waals surface area contributed by atoms with E-state index >= 15 is 0 Å². The molecule has 0 amide bonds. The van der Waals surface area contributed by atoms with Crippen molar-refractivity contribution in [2.45, 2.75) is 19.3 Å². The van der Waals surface area contributed by atoms with Gasteiger partial charge in [0.15, 0.2) is 0 Å². The molecule has 11 aromatic rings. The number of anilines is 1. The minimum absolute atomic E-state index is 0. The summed E-state index contributed by atoms with van der Waals surface area (Å²) in [4.78, 5) is 7.34. The van der Waals surface area contributed by atoms with Gasteiger partial charge in [-0.25, -0.2) is 4.98 Å². The molecule has 66 heavy (non-hydrogen) atoms. The van der Waals surface area contributed by atoms with Gasteiger partial charge in [-0.05, 0) is 75.8 Å². The number of pyridine rings is 1. The zero-order valence-corrected chi connectivity index (χ0v) is 37.5. The van der Waals surface area contributed by atoms with Gasteiger partial charge in [0.25, 0.3) is 6.33 Å². The zero-order chi connectivity index (χ0) is 51.8. The first-order valence-electron chi connectivity index (χ1n) is 26.6. The van der Waals surface area contributed by atoms with E-state index in [2.05, 4.69) is 70.4 Å². The van der Waals surface area contributed by atoms with Crippen molar-refractivity contribution in [3.63, 3.8) is 0 Å². The Bertz CT molecular complexity index is 3980. The van der Waals surface area contributed by atoms with Crippen LogP contribution in [0.5, 0.6) is 11.5 Å². The number of nitrogens with zero attached hydrogens (tertiary/aromatic N) is 5. The molecule has 8 aromatic carbocycles. The van der Waals surface area contributed by atoms with Gasteiger partial charge >= 0.3 is 0 Å². The number of imidazole rings is 1. The van der Waals surface area contributed by atoms with Crippen LogP contribution in [0.1, 0.15) is 33.0 Å². The summed E-state index contributed by atoms with van der Waals surface area (Å²) >= 11 is 0. The molecule has 1 aliphatic rings. The van der Waals surface area contributed by atoms with Crippen LogP contribution in [0.15, 0.2) is 200 Å². The molecule has 4 heterocycles. The Hall–Kier alpha value is -7.53.